The van der Waals surface area contributed by atoms with Crippen molar-refractivity contribution in [2.75, 3.05) is 5.32 Å². The summed E-state index contributed by atoms with van der Waals surface area (Å²) >= 11 is 1.50. The lowest BCUT2D eigenvalue weighted by Gasteiger charge is -2.34. The van der Waals surface area contributed by atoms with Crippen LogP contribution in [0, 0.1) is 5.41 Å². The SMILES string of the molecule is CCc1nsc(NC2CCC(C)(C)CC2)n1. The molecule has 1 aromatic rings. The molecule has 0 radical (unpaired) electrons. The third kappa shape index (κ3) is 2.94. The van der Waals surface area contributed by atoms with Crippen molar-refractivity contribution >= 4 is 16.7 Å². The van der Waals surface area contributed by atoms with Gasteiger partial charge in [0.05, 0.1) is 0 Å². The maximum atomic E-state index is 4.46. The molecule has 3 nitrogen and oxygen atoms in total. The molecule has 0 bridgehead atoms. The lowest BCUT2D eigenvalue weighted by atomic mass is 9.76. The zero-order valence-corrected chi connectivity index (χ0v) is 11.2. The van der Waals surface area contributed by atoms with Gasteiger partial charge in [0.15, 0.2) is 0 Å². The van der Waals surface area contributed by atoms with E-state index >= 15 is 0 Å². The molecule has 4 heteroatoms. The largest absolute Gasteiger partial charge is 0.358 e. The topological polar surface area (TPSA) is 37.8 Å². The number of rotatable bonds is 3. The second-order valence-electron chi connectivity index (χ2n) is 5.45. The summed E-state index contributed by atoms with van der Waals surface area (Å²) in [6.07, 6.45) is 6.06. The molecule has 90 valence electrons. The summed E-state index contributed by atoms with van der Waals surface area (Å²) < 4.78 is 4.30. The molecular formula is C12H21N3S. The van der Waals surface area contributed by atoms with E-state index in [0.717, 1.165) is 17.4 Å². The van der Waals surface area contributed by atoms with Crippen molar-refractivity contribution in [3.05, 3.63) is 5.82 Å². The first-order valence-corrected chi connectivity index (χ1v) is 6.95. The van der Waals surface area contributed by atoms with Crippen LogP contribution in [0.1, 0.15) is 52.3 Å². The molecule has 0 amide bonds. The van der Waals surface area contributed by atoms with Crippen molar-refractivity contribution in [3.63, 3.8) is 0 Å². The Labute approximate surface area is 102 Å². The van der Waals surface area contributed by atoms with E-state index in [-0.39, 0.29) is 0 Å². The van der Waals surface area contributed by atoms with E-state index in [2.05, 4.69) is 35.4 Å². The highest BCUT2D eigenvalue weighted by Crippen LogP contribution is 2.36. The van der Waals surface area contributed by atoms with Crippen LogP contribution >= 0.6 is 11.5 Å². The monoisotopic (exact) mass is 239 g/mol. The molecule has 1 saturated carbocycles. The molecule has 2 rings (SSSR count). The van der Waals surface area contributed by atoms with Crippen LogP contribution in [0.5, 0.6) is 0 Å². The fourth-order valence-corrected chi connectivity index (χ4v) is 2.90. The van der Waals surface area contributed by atoms with E-state index in [4.69, 9.17) is 0 Å². The minimum atomic E-state index is 0.536. The average molecular weight is 239 g/mol. The van der Waals surface area contributed by atoms with Crippen molar-refractivity contribution in [3.8, 4) is 0 Å². The number of aryl methyl sites for hydroxylation is 1. The number of aromatic nitrogens is 2. The Morgan fingerprint density at radius 3 is 2.62 bits per heavy atom. The maximum absolute atomic E-state index is 4.46. The Morgan fingerprint density at radius 1 is 1.38 bits per heavy atom. The molecule has 1 fully saturated rings. The molecule has 0 aliphatic heterocycles. The lowest BCUT2D eigenvalue weighted by molar-refractivity contribution is 0.232. The number of hydrogen-bond donors (Lipinski definition) is 1. The Balaban J connectivity index is 1.87. The molecule has 0 unspecified atom stereocenters. The summed E-state index contributed by atoms with van der Waals surface area (Å²) in [5.41, 5.74) is 0.536. The van der Waals surface area contributed by atoms with E-state index in [1.165, 1.54) is 37.2 Å². The molecule has 1 heterocycles. The number of hydrogen-bond acceptors (Lipinski definition) is 4. The van der Waals surface area contributed by atoms with Crippen molar-refractivity contribution < 1.29 is 0 Å². The zero-order chi connectivity index (χ0) is 11.6. The smallest absolute Gasteiger partial charge is 0.202 e. The van der Waals surface area contributed by atoms with Crippen LogP contribution < -0.4 is 5.32 Å². The molecule has 0 aromatic carbocycles. The van der Waals surface area contributed by atoms with Gasteiger partial charge in [0.1, 0.15) is 5.82 Å². The highest BCUT2D eigenvalue weighted by atomic mass is 32.1. The number of anilines is 1. The third-order valence-corrected chi connectivity index (χ3v) is 4.14. The van der Waals surface area contributed by atoms with Crippen LogP contribution in [0.3, 0.4) is 0 Å². The van der Waals surface area contributed by atoms with E-state index in [1.807, 2.05) is 0 Å². The van der Waals surface area contributed by atoms with E-state index in [9.17, 15) is 0 Å². The van der Waals surface area contributed by atoms with Gasteiger partial charge in [-0.3, -0.25) is 0 Å². The van der Waals surface area contributed by atoms with Crippen LogP contribution in [0.2, 0.25) is 0 Å². The van der Waals surface area contributed by atoms with E-state index in [1.54, 1.807) is 0 Å². The van der Waals surface area contributed by atoms with Gasteiger partial charge in [-0.15, -0.1) is 0 Å². The van der Waals surface area contributed by atoms with Crippen LogP contribution in [0.4, 0.5) is 5.13 Å². The fourth-order valence-electron chi connectivity index (χ4n) is 2.17. The number of nitrogens with one attached hydrogen (secondary N) is 1. The molecular weight excluding hydrogens is 218 g/mol. The van der Waals surface area contributed by atoms with Gasteiger partial charge in [-0.25, -0.2) is 4.98 Å². The van der Waals surface area contributed by atoms with Gasteiger partial charge in [-0.2, -0.15) is 4.37 Å². The van der Waals surface area contributed by atoms with Crippen LogP contribution in [0.15, 0.2) is 0 Å². The minimum absolute atomic E-state index is 0.536. The standard InChI is InChI=1S/C12H21N3S/c1-4-10-14-11(16-15-10)13-9-5-7-12(2,3)8-6-9/h9H,4-8H2,1-3H3,(H,13,14,15). The van der Waals surface area contributed by atoms with Gasteiger partial charge in [-0.1, -0.05) is 20.8 Å². The quantitative estimate of drug-likeness (QED) is 0.877. The molecule has 16 heavy (non-hydrogen) atoms. The summed E-state index contributed by atoms with van der Waals surface area (Å²) in [7, 11) is 0. The summed E-state index contributed by atoms with van der Waals surface area (Å²) in [4.78, 5) is 4.46. The van der Waals surface area contributed by atoms with Crippen molar-refractivity contribution in [2.24, 2.45) is 5.41 Å². The van der Waals surface area contributed by atoms with Gasteiger partial charge < -0.3 is 5.32 Å². The van der Waals surface area contributed by atoms with Crippen molar-refractivity contribution in [2.45, 2.75) is 58.9 Å². The summed E-state index contributed by atoms with van der Waals surface area (Å²) in [6.45, 7) is 6.82. The van der Waals surface area contributed by atoms with Crippen molar-refractivity contribution in [1.29, 1.82) is 0 Å². The zero-order valence-electron chi connectivity index (χ0n) is 10.4. The van der Waals surface area contributed by atoms with E-state index in [0.29, 0.717) is 11.5 Å². The maximum Gasteiger partial charge on any atom is 0.202 e. The summed E-state index contributed by atoms with van der Waals surface area (Å²) in [5, 5.41) is 4.52. The third-order valence-electron chi connectivity index (χ3n) is 3.45. The van der Waals surface area contributed by atoms with Gasteiger partial charge in [-0.05, 0) is 31.1 Å². The summed E-state index contributed by atoms with van der Waals surface area (Å²) in [5.74, 6) is 0.962. The minimum Gasteiger partial charge on any atom is -0.358 e. The predicted octanol–water partition coefficient (Wildman–Crippen LogP) is 3.48. The highest BCUT2D eigenvalue weighted by Gasteiger charge is 2.27. The first-order valence-electron chi connectivity index (χ1n) is 6.18. The first kappa shape index (κ1) is 11.8. The average Bonchev–Trinajstić information content (AvgIpc) is 2.69. The van der Waals surface area contributed by atoms with Gasteiger partial charge in [0.2, 0.25) is 5.13 Å². The molecule has 0 saturated heterocycles. The second kappa shape index (κ2) is 4.70. The molecule has 0 atom stereocenters. The Hall–Kier alpha value is -0.640. The number of nitrogens with zero attached hydrogens (tertiary/aromatic N) is 2. The Morgan fingerprint density at radius 2 is 2.06 bits per heavy atom. The van der Waals surface area contributed by atoms with Gasteiger partial charge >= 0.3 is 0 Å². The molecule has 1 aromatic heterocycles. The second-order valence-corrected chi connectivity index (χ2v) is 6.20. The molecule has 1 aliphatic carbocycles. The molecule has 1 N–H and O–H groups in total. The highest BCUT2D eigenvalue weighted by molar-refractivity contribution is 7.09. The summed E-state index contributed by atoms with van der Waals surface area (Å²) in [6, 6.07) is 0.602. The molecule has 1 aliphatic rings. The normalized spacial score (nSPS) is 20.9. The van der Waals surface area contributed by atoms with Crippen molar-refractivity contribution in [1.82, 2.24) is 9.36 Å². The predicted molar refractivity (Wildman–Crippen MR) is 68.9 cm³/mol. The first-order chi connectivity index (χ1) is 7.59. The molecule has 0 spiro atoms. The van der Waals surface area contributed by atoms with E-state index < -0.39 is 0 Å². The van der Waals surface area contributed by atoms with Gasteiger partial charge in [0.25, 0.3) is 0 Å². The van der Waals surface area contributed by atoms with Crippen LogP contribution in [-0.2, 0) is 6.42 Å². The fraction of sp³-hybridized carbons (Fsp3) is 0.833. The van der Waals surface area contributed by atoms with Crippen LogP contribution in [-0.4, -0.2) is 15.4 Å². The Bertz CT molecular complexity index is 336. The van der Waals surface area contributed by atoms with Gasteiger partial charge in [0, 0.05) is 24.0 Å². The Kier molecular flexibility index (Phi) is 3.47. The lowest BCUT2D eigenvalue weighted by Crippen LogP contribution is -2.29. The van der Waals surface area contributed by atoms with Crippen LogP contribution in [0.25, 0.3) is 0 Å².